The smallest absolute Gasteiger partial charge is 0.325 e. The quantitative estimate of drug-likeness (QED) is 0.562. The second kappa shape index (κ2) is 7.16. The van der Waals surface area contributed by atoms with Crippen LogP contribution >= 0.6 is 0 Å². The van der Waals surface area contributed by atoms with E-state index in [0.29, 0.717) is 11.4 Å². The van der Waals surface area contributed by atoms with Crippen molar-refractivity contribution in [2.75, 3.05) is 25.5 Å². The first kappa shape index (κ1) is 13.8. The number of benzene rings is 1. The van der Waals surface area contributed by atoms with E-state index in [2.05, 4.69) is 10.1 Å². The Kier molecular flexibility index (Phi) is 5.50. The number of nitrogens with two attached hydrogens (primary N) is 1. The molecule has 0 spiro atoms. The Labute approximate surface area is 105 Å². The highest BCUT2D eigenvalue weighted by atomic mass is 16.5. The fourth-order valence-corrected chi connectivity index (χ4v) is 1.19. The second-order valence-corrected chi connectivity index (χ2v) is 3.41. The summed E-state index contributed by atoms with van der Waals surface area (Å²) in [7, 11) is 0. The molecule has 1 aromatic rings. The zero-order valence-electron chi connectivity index (χ0n) is 10.1. The van der Waals surface area contributed by atoms with E-state index in [0.717, 1.165) is 0 Å². The Balaban J connectivity index is 2.29. The lowest BCUT2D eigenvalue weighted by molar-refractivity contribution is -0.143. The van der Waals surface area contributed by atoms with Crippen LogP contribution < -0.4 is 15.8 Å². The molecule has 0 aliphatic heterocycles. The van der Waals surface area contributed by atoms with Crippen LogP contribution in [0, 0.1) is 0 Å². The summed E-state index contributed by atoms with van der Waals surface area (Å²) < 4.78 is 9.86. The van der Waals surface area contributed by atoms with E-state index < -0.39 is 11.9 Å². The summed E-state index contributed by atoms with van der Waals surface area (Å²) in [5.41, 5.74) is 6.09. The molecule has 0 aliphatic rings. The fraction of sp³-hybridized carbons (Fsp3) is 0.333. The number of carbonyl (C=O) groups is 2. The number of esters is 1. The Bertz CT molecular complexity index is 420. The van der Waals surface area contributed by atoms with Crippen molar-refractivity contribution in [2.45, 2.75) is 6.92 Å². The average molecular weight is 252 g/mol. The maximum Gasteiger partial charge on any atom is 0.325 e. The number of hydrogen-bond acceptors (Lipinski definition) is 5. The summed E-state index contributed by atoms with van der Waals surface area (Å²) in [5, 5.41) is 2.38. The maximum absolute atomic E-state index is 11.4. The summed E-state index contributed by atoms with van der Waals surface area (Å²) in [6.07, 6.45) is 0. The van der Waals surface area contributed by atoms with Gasteiger partial charge < -0.3 is 20.5 Å². The van der Waals surface area contributed by atoms with Crippen LogP contribution in [0.4, 0.5) is 5.69 Å². The molecule has 0 aromatic heterocycles. The van der Waals surface area contributed by atoms with Gasteiger partial charge in [-0.3, -0.25) is 9.59 Å². The molecule has 0 fully saturated rings. The number of carbonyl (C=O) groups excluding carboxylic acids is 2. The van der Waals surface area contributed by atoms with Gasteiger partial charge in [-0.1, -0.05) is 12.1 Å². The van der Waals surface area contributed by atoms with Gasteiger partial charge in [0.25, 0.3) is 5.91 Å². The third kappa shape index (κ3) is 4.73. The van der Waals surface area contributed by atoms with Crippen molar-refractivity contribution < 1.29 is 19.1 Å². The standard InChI is InChI=1S/C12H16N2O4/c1-2-17-12(16)7-14-11(15)8-18-10-6-4-3-5-9(10)13/h3-6H,2,7-8,13H2,1H3,(H,14,15). The number of amides is 1. The second-order valence-electron chi connectivity index (χ2n) is 3.41. The first-order valence-corrected chi connectivity index (χ1v) is 5.53. The van der Waals surface area contributed by atoms with Gasteiger partial charge in [-0.25, -0.2) is 0 Å². The Morgan fingerprint density at radius 2 is 2.06 bits per heavy atom. The van der Waals surface area contributed by atoms with E-state index in [9.17, 15) is 9.59 Å². The number of para-hydroxylation sites is 2. The topological polar surface area (TPSA) is 90.6 Å². The largest absolute Gasteiger partial charge is 0.482 e. The van der Waals surface area contributed by atoms with Crippen molar-refractivity contribution in [1.82, 2.24) is 5.32 Å². The van der Waals surface area contributed by atoms with E-state index in [1.54, 1.807) is 31.2 Å². The van der Waals surface area contributed by atoms with Crippen LogP contribution in [0.5, 0.6) is 5.75 Å². The van der Waals surface area contributed by atoms with Gasteiger partial charge in [-0.05, 0) is 19.1 Å². The molecule has 0 radical (unpaired) electrons. The molecule has 0 atom stereocenters. The third-order valence-corrected chi connectivity index (χ3v) is 2.01. The van der Waals surface area contributed by atoms with Crippen LogP contribution in [0.25, 0.3) is 0 Å². The number of nitrogens with one attached hydrogen (secondary N) is 1. The first-order valence-electron chi connectivity index (χ1n) is 5.53. The molecule has 0 aliphatic carbocycles. The molecule has 98 valence electrons. The Morgan fingerprint density at radius 3 is 2.72 bits per heavy atom. The van der Waals surface area contributed by atoms with Crippen LogP contribution in [0.2, 0.25) is 0 Å². The van der Waals surface area contributed by atoms with E-state index in [1.807, 2.05) is 0 Å². The average Bonchev–Trinajstić information content (AvgIpc) is 2.36. The molecule has 1 rings (SSSR count). The lowest BCUT2D eigenvalue weighted by Crippen LogP contribution is -2.34. The van der Waals surface area contributed by atoms with Gasteiger partial charge >= 0.3 is 5.97 Å². The minimum Gasteiger partial charge on any atom is -0.482 e. The van der Waals surface area contributed by atoms with Crippen molar-refractivity contribution in [3.8, 4) is 5.75 Å². The van der Waals surface area contributed by atoms with Gasteiger partial charge in [0.15, 0.2) is 6.61 Å². The number of rotatable bonds is 6. The number of hydrogen-bond donors (Lipinski definition) is 2. The van der Waals surface area contributed by atoms with Crippen molar-refractivity contribution in [1.29, 1.82) is 0 Å². The molecular weight excluding hydrogens is 236 g/mol. The first-order chi connectivity index (χ1) is 8.63. The summed E-state index contributed by atoms with van der Waals surface area (Å²) in [5.74, 6) is -0.458. The lowest BCUT2D eigenvalue weighted by atomic mass is 10.3. The van der Waals surface area contributed by atoms with Crippen LogP contribution in [0.3, 0.4) is 0 Å². The molecule has 6 nitrogen and oxygen atoms in total. The molecule has 0 unspecified atom stereocenters. The van der Waals surface area contributed by atoms with Crippen LogP contribution in [0.15, 0.2) is 24.3 Å². The van der Waals surface area contributed by atoms with E-state index in [4.69, 9.17) is 10.5 Å². The molecule has 3 N–H and O–H groups in total. The zero-order valence-corrected chi connectivity index (χ0v) is 10.1. The molecule has 18 heavy (non-hydrogen) atoms. The molecule has 0 heterocycles. The number of anilines is 1. The monoisotopic (exact) mass is 252 g/mol. The van der Waals surface area contributed by atoms with E-state index >= 15 is 0 Å². The molecule has 0 bridgehead atoms. The lowest BCUT2D eigenvalue weighted by Gasteiger charge is -2.08. The third-order valence-electron chi connectivity index (χ3n) is 2.01. The van der Waals surface area contributed by atoms with Crippen molar-refractivity contribution >= 4 is 17.6 Å². The highest BCUT2D eigenvalue weighted by Gasteiger charge is 2.07. The SMILES string of the molecule is CCOC(=O)CNC(=O)COc1ccccc1N. The maximum atomic E-state index is 11.4. The minimum atomic E-state index is -0.481. The van der Waals surface area contributed by atoms with Crippen molar-refractivity contribution in [2.24, 2.45) is 0 Å². The summed E-state index contributed by atoms with van der Waals surface area (Å²) in [6.45, 7) is 1.61. The Hall–Kier alpha value is -2.24. The molecule has 6 heteroatoms. The molecule has 1 aromatic carbocycles. The predicted octanol–water partition coefficient (Wildman–Crippen LogP) is 0.327. The number of ether oxygens (including phenoxy) is 2. The summed E-state index contributed by atoms with van der Waals surface area (Å²) in [6, 6.07) is 6.85. The van der Waals surface area contributed by atoms with E-state index in [-0.39, 0.29) is 19.8 Å². The van der Waals surface area contributed by atoms with E-state index in [1.165, 1.54) is 0 Å². The summed E-state index contributed by atoms with van der Waals surface area (Å²) in [4.78, 5) is 22.3. The van der Waals surface area contributed by atoms with Gasteiger partial charge in [-0.2, -0.15) is 0 Å². The molecule has 0 saturated heterocycles. The van der Waals surface area contributed by atoms with Crippen LogP contribution in [-0.2, 0) is 14.3 Å². The van der Waals surface area contributed by atoms with Crippen LogP contribution in [0.1, 0.15) is 6.92 Å². The zero-order chi connectivity index (χ0) is 13.4. The van der Waals surface area contributed by atoms with Gasteiger partial charge in [0, 0.05) is 0 Å². The normalized spacial score (nSPS) is 9.61. The van der Waals surface area contributed by atoms with Gasteiger partial charge in [0.05, 0.1) is 12.3 Å². The Morgan fingerprint density at radius 1 is 1.33 bits per heavy atom. The van der Waals surface area contributed by atoms with Gasteiger partial charge in [0.2, 0.25) is 0 Å². The molecule has 0 saturated carbocycles. The highest BCUT2D eigenvalue weighted by Crippen LogP contribution is 2.19. The molecule has 1 amide bonds. The van der Waals surface area contributed by atoms with Crippen molar-refractivity contribution in [3.05, 3.63) is 24.3 Å². The van der Waals surface area contributed by atoms with Crippen LogP contribution in [-0.4, -0.2) is 31.6 Å². The molecular formula is C12H16N2O4. The summed E-state index contributed by atoms with van der Waals surface area (Å²) >= 11 is 0. The highest BCUT2D eigenvalue weighted by molar-refractivity contribution is 5.82. The number of nitrogen functional groups attached to an aromatic ring is 1. The predicted molar refractivity (Wildman–Crippen MR) is 66.0 cm³/mol. The van der Waals surface area contributed by atoms with Gasteiger partial charge in [-0.15, -0.1) is 0 Å². The fourth-order valence-electron chi connectivity index (χ4n) is 1.19. The minimum absolute atomic E-state index is 0.166. The van der Waals surface area contributed by atoms with Gasteiger partial charge in [0.1, 0.15) is 12.3 Å². The van der Waals surface area contributed by atoms with Crippen molar-refractivity contribution in [3.63, 3.8) is 0 Å².